The summed E-state index contributed by atoms with van der Waals surface area (Å²) >= 11 is 11.9. The summed E-state index contributed by atoms with van der Waals surface area (Å²) in [4.78, 5) is 12.6. The third kappa shape index (κ3) is 2.99. The van der Waals surface area contributed by atoms with Crippen molar-refractivity contribution in [3.8, 4) is 17.1 Å². The zero-order valence-corrected chi connectivity index (χ0v) is 14.0. The van der Waals surface area contributed by atoms with E-state index in [-0.39, 0.29) is 27.3 Å². The Balaban J connectivity index is 1.96. The van der Waals surface area contributed by atoms with E-state index >= 15 is 0 Å². The minimum absolute atomic E-state index is 0.00410. The second kappa shape index (κ2) is 5.96. The predicted octanol–water partition coefficient (Wildman–Crippen LogP) is 4.54. The van der Waals surface area contributed by atoms with E-state index in [0.29, 0.717) is 11.0 Å². The molecule has 0 aliphatic heterocycles. The molecule has 0 saturated carbocycles. The van der Waals surface area contributed by atoms with Crippen LogP contribution in [-0.2, 0) is 0 Å². The third-order valence-corrected chi connectivity index (χ3v) is 3.88. The van der Waals surface area contributed by atoms with E-state index in [1.807, 2.05) is 0 Å². The van der Waals surface area contributed by atoms with Crippen molar-refractivity contribution in [2.75, 3.05) is 0 Å². The van der Waals surface area contributed by atoms with E-state index in [4.69, 9.17) is 23.2 Å². The van der Waals surface area contributed by atoms with Crippen LogP contribution in [0.4, 0.5) is 13.2 Å². The minimum atomic E-state index is -4.90. The van der Waals surface area contributed by atoms with E-state index in [2.05, 4.69) is 24.8 Å². The molecule has 0 bridgehead atoms. The quantitative estimate of drug-likeness (QED) is 0.462. The molecule has 0 unspecified atom stereocenters. The molecule has 0 radical (unpaired) electrons. The predicted molar refractivity (Wildman–Crippen MR) is 88.2 cm³/mol. The number of rotatable bonds is 2. The maximum absolute atomic E-state index is 12.7. The molecular weight excluding hydrogens is 394 g/mol. The molecule has 0 aliphatic carbocycles. The second-order valence-electron chi connectivity index (χ2n) is 5.11. The molecule has 1 aromatic carbocycles. The number of pyridine rings is 1. The van der Waals surface area contributed by atoms with E-state index < -0.39 is 12.1 Å². The van der Waals surface area contributed by atoms with Crippen LogP contribution in [0.3, 0.4) is 0 Å². The fourth-order valence-electron chi connectivity index (χ4n) is 2.40. The van der Waals surface area contributed by atoms with Gasteiger partial charge in [0.25, 0.3) is 0 Å². The number of hydrogen-bond donors (Lipinski definition) is 0. The van der Waals surface area contributed by atoms with Crippen molar-refractivity contribution in [2.24, 2.45) is 0 Å². The topological polar surface area (TPSA) is 65.2 Å². The molecule has 0 saturated heterocycles. The van der Waals surface area contributed by atoms with Crippen LogP contribution < -0.4 is 4.74 Å². The van der Waals surface area contributed by atoms with Gasteiger partial charge in [-0.05, 0) is 41.9 Å². The Hall–Kier alpha value is -2.65. The molecular formula is C15H6Cl2F3N5O. The zero-order valence-electron chi connectivity index (χ0n) is 12.5. The number of fused-ring (bicyclic) bond motifs is 3. The lowest BCUT2D eigenvalue weighted by atomic mass is 10.2. The first-order valence-electron chi connectivity index (χ1n) is 7.04. The smallest absolute Gasteiger partial charge is 0.405 e. The summed E-state index contributed by atoms with van der Waals surface area (Å²) < 4.78 is 43.3. The molecule has 0 amide bonds. The maximum Gasteiger partial charge on any atom is 0.573 e. The van der Waals surface area contributed by atoms with Gasteiger partial charge in [-0.25, -0.2) is 9.97 Å². The van der Waals surface area contributed by atoms with Gasteiger partial charge in [-0.15, -0.1) is 18.3 Å². The highest BCUT2D eigenvalue weighted by Gasteiger charge is 2.33. The fraction of sp³-hybridized carbons (Fsp3) is 0.0667. The molecule has 11 heteroatoms. The number of benzene rings is 1. The van der Waals surface area contributed by atoms with Gasteiger partial charge in [0.1, 0.15) is 11.3 Å². The molecule has 26 heavy (non-hydrogen) atoms. The lowest BCUT2D eigenvalue weighted by molar-refractivity contribution is -0.274. The molecule has 0 atom stereocenters. The van der Waals surface area contributed by atoms with Crippen molar-refractivity contribution in [3.63, 3.8) is 0 Å². The zero-order chi connectivity index (χ0) is 18.5. The van der Waals surface area contributed by atoms with Crippen LogP contribution in [0, 0.1) is 0 Å². The summed E-state index contributed by atoms with van der Waals surface area (Å²) in [5, 5.41) is 4.20. The van der Waals surface area contributed by atoms with Crippen molar-refractivity contribution in [2.45, 2.75) is 6.36 Å². The summed E-state index contributed by atoms with van der Waals surface area (Å²) in [5.74, 6) is -0.565. The molecule has 0 fully saturated rings. The van der Waals surface area contributed by atoms with E-state index in [1.165, 1.54) is 22.8 Å². The average Bonchev–Trinajstić information content (AvgIpc) is 2.99. The Bertz CT molecular complexity index is 1150. The molecule has 0 N–H and O–H groups in total. The number of aromatic nitrogens is 5. The van der Waals surface area contributed by atoms with Crippen LogP contribution in [0.25, 0.3) is 28.1 Å². The van der Waals surface area contributed by atoms with Gasteiger partial charge in [-0.3, -0.25) is 4.98 Å². The molecule has 0 aliphatic rings. The van der Waals surface area contributed by atoms with E-state index in [1.54, 1.807) is 12.1 Å². The molecule has 132 valence electrons. The van der Waals surface area contributed by atoms with Crippen LogP contribution in [0.5, 0.6) is 5.75 Å². The number of hydrogen-bond acceptors (Lipinski definition) is 5. The van der Waals surface area contributed by atoms with Crippen molar-refractivity contribution in [3.05, 3.63) is 46.8 Å². The lowest BCUT2D eigenvalue weighted by Gasteiger charge is -2.11. The lowest BCUT2D eigenvalue weighted by Crippen LogP contribution is -2.17. The number of ether oxygens (including phenoxy) is 1. The number of halogens is 5. The largest absolute Gasteiger partial charge is 0.573 e. The minimum Gasteiger partial charge on any atom is -0.405 e. The van der Waals surface area contributed by atoms with Crippen LogP contribution in [-0.4, -0.2) is 30.9 Å². The third-order valence-electron chi connectivity index (χ3n) is 3.40. The first-order valence-corrected chi connectivity index (χ1v) is 7.80. The van der Waals surface area contributed by atoms with Gasteiger partial charge >= 0.3 is 6.36 Å². The van der Waals surface area contributed by atoms with Crippen LogP contribution >= 0.6 is 23.2 Å². The van der Waals surface area contributed by atoms with Gasteiger partial charge in [0, 0.05) is 11.2 Å². The molecule has 4 aromatic rings. The fourth-order valence-corrected chi connectivity index (χ4v) is 2.78. The summed E-state index contributed by atoms with van der Waals surface area (Å²) in [6.07, 6.45) is -3.36. The van der Waals surface area contributed by atoms with Gasteiger partial charge in [0.15, 0.2) is 11.5 Å². The summed E-state index contributed by atoms with van der Waals surface area (Å²) in [7, 11) is 0. The van der Waals surface area contributed by atoms with Crippen LogP contribution in [0.1, 0.15) is 0 Å². The van der Waals surface area contributed by atoms with Crippen LogP contribution in [0.15, 0.2) is 36.5 Å². The Kier molecular flexibility index (Phi) is 3.85. The van der Waals surface area contributed by atoms with E-state index in [9.17, 15) is 13.2 Å². The number of nitrogens with zero attached hydrogens (tertiary/aromatic N) is 5. The Morgan fingerprint density at radius 1 is 1.08 bits per heavy atom. The molecule has 4 rings (SSSR count). The van der Waals surface area contributed by atoms with Gasteiger partial charge < -0.3 is 4.74 Å². The molecule has 6 nitrogen and oxygen atoms in total. The summed E-state index contributed by atoms with van der Waals surface area (Å²) in [6.45, 7) is 0. The van der Waals surface area contributed by atoms with Gasteiger partial charge in [0.2, 0.25) is 5.28 Å². The highest BCUT2D eigenvalue weighted by molar-refractivity contribution is 6.30. The second-order valence-corrected chi connectivity index (χ2v) is 5.89. The van der Waals surface area contributed by atoms with Crippen molar-refractivity contribution >= 4 is 39.9 Å². The monoisotopic (exact) mass is 399 g/mol. The maximum atomic E-state index is 12.7. The first kappa shape index (κ1) is 16.8. The van der Waals surface area contributed by atoms with Gasteiger partial charge in [-0.2, -0.15) is 4.52 Å². The molecule has 0 spiro atoms. The average molecular weight is 400 g/mol. The van der Waals surface area contributed by atoms with Crippen molar-refractivity contribution < 1.29 is 17.9 Å². The first-order chi connectivity index (χ1) is 12.3. The number of alkyl halides is 3. The standard InChI is InChI=1S/C15H6Cl2F3N5O/c16-7-3-4-8(10(6-7)26-15(18,19)20)12-23-13-11-9(2-1-5-21-11)22-14(17)25(13)24-12/h1-6H. The molecule has 3 heterocycles. The highest BCUT2D eigenvalue weighted by atomic mass is 35.5. The normalized spacial score (nSPS) is 12.0. The van der Waals surface area contributed by atoms with Crippen molar-refractivity contribution in [1.29, 1.82) is 0 Å². The van der Waals surface area contributed by atoms with Crippen LogP contribution in [0.2, 0.25) is 10.3 Å². The van der Waals surface area contributed by atoms with E-state index in [0.717, 1.165) is 6.07 Å². The Labute approximate surface area is 153 Å². The van der Waals surface area contributed by atoms with Gasteiger partial charge in [0.05, 0.1) is 11.1 Å². The molecule has 3 aromatic heterocycles. The summed E-state index contributed by atoms with van der Waals surface area (Å²) in [5.41, 5.74) is 1.13. The van der Waals surface area contributed by atoms with Gasteiger partial charge in [-0.1, -0.05) is 11.6 Å². The SMILES string of the molecule is FC(F)(F)Oc1cc(Cl)ccc1-c1nc2c3ncccc3nc(Cl)n2n1. The van der Waals surface area contributed by atoms with Crippen molar-refractivity contribution in [1.82, 2.24) is 24.6 Å². The highest BCUT2D eigenvalue weighted by Crippen LogP contribution is 2.35. The summed E-state index contributed by atoms with van der Waals surface area (Å²) in [6, 6.07) is 7.13. The Morgan fingerprint density at radius 3 is 2.65 bits per heavy atom. The Morgan fingerprint density at radius 2 is 1.88 bits per heavy atom.